The Morgan fingerprint density at radius 2 is 1.56 bits per heavy atom. The Hall–Kier alpha value is -0.300. The van der Waals surface area contributed by atoms with Crippen LogP contribution < -0.4 is 0 Å². The summed E-state index contributed by atoms with van der Waals surface area (Å²) in [7, 11) is 0. The monoisotopic (exact) mass is 138 g/mol. The largest absolute Gasteiger partial charge is 0.152 e. The van der Waals surface area contributed by atoms with Crippen molar-refractivity contribution in [1.82, 2.24) is 0 Å². The highest BCUT2D eigenvalue weighted by Crippen LogP contribution is 2.23. The van der Waals surface area contributed by atoms with E-state index in [4.69, 9.17) is 0 Å². The molecule has 1 heteroatoms. The fraction of sp³-hybridized carbons (Fsp3) is 0.500. The predicted molar refractivity (Wildman–Crippen MR) is 41.0 cm³/mol. The molecule has 0 bridgehead atoms. The van der Waals surface area contributed by atoms with Crippen LogP contribution in [0.4, 0.5) is 0 Å². The number of fused-ring (bicyclic) bond motifs is 1. The van der Waals surface area contributed by atoms with E-state index >= 15 is 0 Å². The third-order valence-corrected chi connectivity index (χ3v) is 2.82. The van der Waals surface area contributed by atoms with Crippen LogP contribution in [0.2, 0.25) is 0 Å². The molecule has 9 heavy (non-hydrogen) atoms. The number of hydrogen-bond donors (Lipinski definition) is 0. The van der Waals surface area contributed by atoms with Gasteiger partial charge in [0.2, 0.25) is 0 Å². The minimum atomic E-state index is 1.33. The van der Waals surface area contributed by atoms with Crippen LogP contribution in [0.25, 0.3) is 0 Å². The number of thiophene rings is 1. The first-order valence-electron chi connectivity index (χ1n) is 3.51. The summed E-state index contributed by atoms with van der Waals surface area (Å²) >= 11 is 1.86. The van der Waals surface area contributed by atoms with Crippen LogP contribution in [-0.2, 0) is 12.8 Å². The first-order chi connectivity index (χ1) is 4.47. The number of rotatable bonds is 0. The minimum Gasteiger partial charge on any atom is -0.152 e. The van der Waals surface area contributed by atoms with Gasteiger partial charge in [0.1, 0.15) is 0 Å². The average molecular weight is 138 g/mol. The number of hydrogen-bond acceptors (Lipinski definition) is 1. The Morgan fingerprint density at radius 3 is 2.11 bits per heavy atom. The maximum absolute atomic E-state index is 2.30. The zero-order chi connectivity index (χ0) is 6.10. The molecule has 0 spiro atoms. The van der Waals surface area contributed by atoms with Gasteiger partial charge in [0.05, 0.1) is 0 Å². The second-order valence-electron chi connectivity index (χ2n) is 2.63. The number of aryl methyl sites for hydroxylation is 2. The van der Waals surface area contributed by atoms with Gasteiger partial charge in [0.15, 0.2) is 0 Å². The quantitative estimate of drug-likeness (QED) is 0.517. The summed E-state index contributed by atoms with van der Waals surface area (Å²) in [6, 6.07) is 0. The zero-order valence-electron chi connectivity index (χ0n) is 5.39. The van der Waals surface area contributed by atoms with Crippen LogP contribution in [0.15, 0.2) is 10.8 Å². The van der Waals surface area contributed by atoms with E-state index < -0.39 is 0 Å². The van der Waals surface area contributed by atoms with Gasteiger partial charge < -0.3 is 0 Å². The van der Waals surface area contributed by atoms with Crippen molar-refractivity contribution >= 4 is 11.3 Å². The highest BCUT2D eigenvalue weighted by Gasteiger charge is 2.07. The van der Waals surface area contributed by atoms with Gasteiger partial charge in [-0.1, -0.05) is 0 Å². The summed E-state index contributed by atoms with van der Waals surface area (Å²) in [6.07, 6.45) is 5.48. The molecular weight excluding hydrogens is 128 g/mol. The molecule has 0 aromatic carbocycles. The summed E-state index contributed by atoms with van der Waals surface area (Å²) in [6.45, 7) is 0. The Labute approximate surface area is 59.5 Å². The van der Waals surface area contributed by atoms with Gasteiger partial charge in [0.25, 0.3) is 0 Å². The zero-order valence-corrected chi connectivity index (χ0v) is 6.21. The standard InChI is InChI=1S/C8H10S/c1-2-4-8-6-9-5-7(8)3-1/h5-6H,1-4H2. The third kappa shape index (κ3) is 0.897. The van der Waals surface area contributed by atoms with Crippen molar-refractivity contribution in [3.8, 4) is 0 Å². The molecule has 0 amide bonds. The molecule has 0 saturated carbocycles. The third-order valence-electron chi connectivity index (χ3n) is 1.98. The van der Waals surface area contributed by atoms with Crippen molar-refractivity contribution in [3.05, 3.63) is 21.9 Å². The van der Waals surface area contributed by atoms with Crippen molar-refractivity contribution in [2.75, 3.05) is 0 Å². The molecule has 0 N–H and O–H groups in total. The minimum absolute atomic E-state index is 1.33. The van der Waals surface area contributed by atoms with Gasteiger partial charge in [-0.2, -0.15) is 11.3 Å². The summed E-state index contributed by atoms with van der Waals surface area (Å²) in [4.78, 5) is 0. The van der Waals surface area contributed by atoms with Crippen LogP contribution in [0.1, 0.15) is 24.0 Å². The second kappa shape index (κ2) is 2.14. The highest BCUT2D eigenvalue weighted by atomic mass is 32.1. The van der Waals surface area contributed by atoms with E-state index in [-0.39, 0.29) is 0 Å². The molecule has 1 aliphatic carbocycles. The van der Waals surface area contributed by atoms with E-state index in [2.05, 4.69) is 10.8 Å². The van der Waals surface area contributed by atoms with E-state index in [9.17, 15) is 0 Å². The molecule has 1 aromatic heterocycles. The van der Waals surface area contributed by atoms with Gasteiger partial charge in [0, 0.05) is 0 Å². The molecular formula is C8H10S. The molecule has 0 unspecified atom stereocenters. The maximum Gasteiger partial charge on any atom is -0.00584 e. The van der Waals surface area contributed by atoms with E-state index in [1.54, 1.807) is 11.1 Å². The van der Waals surface area contributed by atoms with Crippen molar-refractivity contribution in [3.63, 3.8) is 0 Å². The van der Waals surface area contributed by atoms with Gasteiger partial charge in [-0.15, -0.1) is 0 Å². The first kappa shape index (κ1) is 5.48. The second-order valence-corrected chi connectivity index (χ2v) is 3.37. The molecule has 0 fully saturated rings. The Morgan fingerprint density at radius 1 is 1.00 bits per heavy atom. The average Bonchev–Trinajstić information content (AvgIpc) is 2.33. The first-order valence-corrected chi connectivity index (χ1v) is 4.45. The molecule has 1 aromatic rings. The van der Waals surface area contributed by atoms with Gasteiger partial charge in [-0.25, -0.2) is 0 Å². The summed E-state index contributed by atoms with van der Waals surface area (Å²) in [5.74, 6) is 0. The molecule has 0 saturated heterocycles. The topological polar surface area (TPSA) is 0 Å². The van der Waals surface area contributed by atoms with E-state index in [1.165, 1.54) is 25.7 Å². The predicted octanol–water partition coefficient (Wildman–Crippen LogP) is 2.63. The lowest BCUT2D eigenvalue weighted by molar-refractivity contribution is 0.690. The van der Waals surface area contributed by atoms with Crippen LogP contribution in [0.5, 0.6) is 0 Å². The summed E-state index contributed by atoms with van der Waals surface area (Å²) in [5, 5.41) is 4.60. The smallest absolute Gasteiger partial charge is 0.00584 e. The lowest BCUT2D eigenvalue weighted by Gasteiger charge is -2.08. The molecule has 1 aliphatic rings. The normalized spacial score (nSPS) is 17.3. The van der Waals surface area contributed by atoms with Gasteiger partial charge >= 0.3 is 0 Å². The van der Waals surface area contributed by atoms with E-state index in [0.29, 0.717) is 0 Å². The molecule has 0 aliphatic heterocycles. The molecule has 0 nitrogen and oxygen atoms in total. The fourth-order valence-electron chi connectivity index (χ4n) is 1.42. The van der Waals surface area contributed by atoms with Gasteiger partial charge in [-0.05, 0) is 47.6 Å². The van der Waals surface area contributed by atoms with Crippen LogP contribution in [0, 0.1) is 0 Å². The molecule has 0 radical (unpaired) electrons. The van der Waals surface area contributed by atoms with Crippen molar-refractivity contribution < 1.29 is 0 Å². The van der Waals surface area contributed by atoms with Crippen LogP contribution in [-0.4, -0.2) is 0 Å². The maximum atomic E-state index is 2.30. The highest BCUT2D eigenvalue weighted by molar-refractivity contribution is 7.08. The van der Waals surface area contributed by atoms with Crippen LogP contribution in [0.3, 0.4) is 0 Å². The van der Waals surface area contributed by atoms with Crippen molar-refractivity contribution in [2.45, 2.75) is 25.7 Å². The van der Waals surface area contributed by atoms with Crippen molar-refractivity contribution in [2.24, 2.45) is 0 Å². The van der Waals surface area contributed by atoms with Crippen LogP contribution >= 0.6 is 11.3 Å². The lowest BCUT2D eigenvalue weighted by atomic mass is 9.96. The van der Waals surface area contributed by atoms with E-state index in [0.717, 1.165) is 0 Å². The van der Waals surface area contributed by atoms with Crippen molar-refractivity contribution in [1.29, 1.82) is 0 Å². The Kier molecular flexibility index (Phi) is 1.31. The fourth-order valence-corrected chi connectivity index (χ4v) is 2.35. The molecule has 48 valence electrons. The SMILES string of the molecule is c1scc2c1CCCC2. The molecule has 0 atom stereocenters. The summed E-state index contributed by atoms with van der Waals surface area (Å²) in [5.41, 5.74) is 3.23. The Balaban J connectivity index is 2.39. The molecule has 1 heterocycles. The summed E-state index contributed by atoms with van der Waals surface area (Å²) < 4.78 is 0. The lowest BCUT2D eigenvalue weighted by Crippen LogP contribution is -1.97. The van der Waals surface area contributed by atoms with Gasteiger partial charge in [-0.3, -0.25) is 0 Å². The molecule has 2 rings (SSSR count). The van der Waals surface area contributed by atoms with E-state index in [1.807, 2.05) is 11.3 Å². The Bertz CT molecular complexity index is 180.